The highest BCUT2D eigenvalue weighted by Crippen LogP contribution is 2.25. The van der Waals surface area contributed by atoms with Crippen molar-refractivity contribution in [3.8, 4) is 0 Å². The molecule has 1 saturated heterocycles. The van der Waals surface area contributed by atoms with E-state index >= 15 is 0 Å². The molecule has 0 amide bonds. The van der Waals surface area contributed by atoms with Crippen molar-refractivity contribution in [1.82, 2.24) is 0 Å². The molecule has 17 heavy (non-hydrogen) atoms. The molecular weight excluding hydrogens is 224 g/mol. The zero-order valence-electron chi connectivity index (χ0n) is 9.66. The van der Waals surface area contributed by atoms with Crippen LogP contribution >= 0.6 is 0 Å². The first-order valence-electron chi connectivity index (χ1n) is 5.99. The lowest BCUT2D eigenvalue weighted by molar-refractivity contribution is 0.00710. The largest absolute Gasteiger partial charge is 0.378 e. The Morgan fingerprint density at radius 3 is 2.88 bits per heavy atom. The topological polar surface area (TPSA) is 35.2 Å². The number of benzene rings is 1. The molecule has 2 N–H and O–H groups in total. The molecule has 1 heterocycles. The molecule has 1 aromatic carbocycles. The Balaban J connectivity index is 2.03. The van der Waals surface area contributed by atoms with Crippen LogP contribution in [0.15, 0.2) is 18.2 Å². The third-order valence-corrected chi connectivity index (χ3v) is 3.17. The van der Waals surface area contributed by atoms with E-state index in [9.17, 15) is 8.78 Å². The van der Waals surface area contributed by atoms with Crippen molar-refractivity contribution in [3.05, 3.63) is 35.4 Å². The van der Waals surface area contributed by atoms with Gasteiger partial charge in [-0.05, 0) is 31.7 Å². The number of hydrogen-bond donors (Lipinski definition) is 1. The smallest absolute Gasteiger partial charge is 0.163 e. The van der Waals surface area contributed by atoms with Crippen LogP contribution in [0.1, 0.15) is 37.3 Å². The van der Waals surface area contributed by atoms with Crippen molar-refractivity contribution in [3.63, 3.8) is 0 Å². The molecule has 0 saturated carbocycles. The summed E-state index contributed by atoms with van der Waals surface area (Å²) in [7, 11) is 0. The summed E-state index contributed by atoms with van der Waals surface area (Å²) in [6.07, 6.45) is 3.75. The van der Waals surface area contributed by atoms with Gasteiger partial charge < -0.3 is 10.5 Å². The number of nitrogens with two attached hydrogens (primary N) is 1. The van der Waals surface area contributed by atoms with Gasteiger partial charge >= 0.3 is 0 Å². The average Bonchev–Trinajstić information content (AvgIpc) is 2.34. The Labute approximate surface area is 99.8 Å². The third-order valence-electron chi connectivity index (χ3n) is 3.17. The molecular formula is C13H17F2NO. The lowest BCUT2D eigenvalue weighted by Gasteiger charge is -2.25. The normalized spacial score (nSPS) is 22.4. The third kappa shape index (κ3) is 3.01. The van der Waals surface area contributed by atoms with Crippen LogP contribution in [0.25, 0.3) is 0 Å². The maximum atomic E-state index is 13.5. The molecule has 2 unspecified atom stereocenters. The highest BCUT2D eigenvalue weighted by atomic mass is 19.2. The summed E-state index contributed by atoms with van der Waals surface area (Å²) in [6, 6.07) is 3.61. The second-order valence-corrected chi connectivity index (χ2v) is 4.47. The zero-order valence-corrected chi connectivity index (χ0v) is 9.66. The van der Waals surface area contributed by atoms with E-state index in [1.54, 1.807) is 0 Å². The summed E-state index contributed by atoms with van der Waals surface area (Å²) in [5.41, 5.74) is 6.14. The Morgan fingerprint density at radius 2 is 2.18 bits per heavy atom. The molecule has 1 aliphatic heterocycles. The predicted octanol–water partition coefficient (Wildman–Crippen LogP) is 2.92. The van der Waals surface area contributed by atoms with E-state index in [4.69, 9.17) is 10.5 Å². The SMILES string of the molecule is NC(CC1CCCCO1)c1cccc(F)c1F. The average molecular weight is 241 g/mol. The molecule has 1 fully saturated rings. The van der Waals surface area contributed by atoms with Crippen LogP contribution in [0.4, 0.5) is 8.78 Å². The van der Waals surface area contributed by atoms with Crippen molar-refractivity contribution in [2.45, 2.75) is 37.8 Å². The fraction of sp³-hybridized carbons (Fsp3) is 0.538. The fourth-order valence-corrected chi connectivity index (χ4v) is 2.21. The summed E-state index contributed by atoms with van der Waals surface area (Å²) in [5, 5.41) is 0. The highest BCUT2D eigenvalue weighted by molar-refractivity contribution is 5.22. The summed E-state index contributed by atoms with van der Waals surface area (Å²) < 4.78 is 32.1. The van der Waals surface area contributed by atoms with E-state index in [1.807, 2.05) is 0 Å². The molecule has 94 valence electrons. The quantitative estimate of drug-likeness (QED) is 0.883. The van der Waals surface area contributed by atoms with Crippen LogP contribution in [0, 0.1) is 11.6 Å². The molecule has 0 bridgehead atoms. The van der Waals surface area contributed by atoms with Crippen LogP contribution in [0.3, 0.4) is 0 Å². The van der Waals surface area contributed by atoms with E-state index in [1.165, 1.54) is 12.1 Å². The van der Waals surface area contributed by atoms with E-state index in [0.717, 1.165) is 31.9 Å². The first-order valence-corrected chi connectivity index (χ1v) is 5.99. The van der Waals surface area contributed by atoms with Gasteiger partial charge in [0.1, 0.15) is 0 Å². The minimum absolute atomic E-state index is 0.0708. The number of ether oxygens (including phenoxy) is 1. The van der Waals surface area contributed by atoms with Crippen LogP contribution in [0.5, 0.6) is 0 Å². The van der Waals surface area contributed by atoms with Gasteiger partial charge in [-0.2, -0.15) is 0 Å². The van der Waals surface area contributed by atoms with Crippen LogP contribution < -0.4 is 5.73 Å². The summed E-state index contributed by atoms with van der Waals surface area (Å²) in [5.74, 6) is -1.68. The van der Waals surface area contributed by atoms with Crippen LogP contribution in [0.2, 0.25) is 0 Å². The van der Waals surface area contributed by atoms with E-state index in [0.29, 0.717) is 6.42 Å². The number of rotatable bonds is 3. The minimum atomic E-state index is -0.845. The number of hydrogen-bond acceptors (Lipinski definition) is 2. The van der Waals surface area contributed by atoms with Gasteiger partial charge in [0.2, 0.25) is 0 Å². The zero-order chi connectivity index (χ0) is 12.3. The molecule has 1 aliphatic rings. The van der Waals surface area contributed by atoms with Gasteiger partial charge in [0.15, 0.2) is 11.6 Å². The maximum Gasteiger partial charge on any atom is 0.163 e. The predicted molar refractivity (Wildman–Crippen MR) is 61.5 cm³/mol. The van der Waals surface area contributed by atoms with Gasteiger partial charge in [-0.1, -0.05) is 12.1 Å². The van der Waals surface area contributed by atoms with Gasteiger partial charge in [-0.25, -0.2) is 8.78 Å². The van der Waals surface area contributed by atoms with Crippen molar-refractivity contribution in [2.24, 2.45) is 5.73 Å². The Bertz CT molecular complexity index is 378. The summed E-state index contributed by atoms with van der Waals surface area (Å²) in [6.45, 7) is 0.739. The molecule has 2 atom stereocenters. The van der Waals surface area contributed by atoms with Gasteiger partial charge in [-0.15, -0.1) is 0 Å². The van der Waals surface area contributed by atoms with Crippen LogP contribution in [-0.2, 0) is 4.74 Å². The van der Waals surface area contributed by atoms with Gasteiger partial charge in [0, 0.05) is 18.2 Å². The Kier molecular flexibility index (Phi) is 4.07. The number of halogens is 2. The minimum Gasteiger partial charge on any atom is -0.378 e. The first-order chi connectivity index (χ1) is 8.18. The monoisotopic (exact) mass is 241 g/mol. The molecule has 2 rings (SSSR count). The molecule has 1 aromatic rings. The second-order valence-electron chi connectivity index (χ2n) is 4.47. The summed E-state index contributed by atoms with van der Waals surface area (Å²) >= 11 is 0. The lowest BCUT2D eigenvalue weighted by Crippen LogP contribution is -2.25. The van der Waals surface area contributed by atoms with Gasteiger partial charge in [0.25, 0.3) is 0 Å². The molecule has 0 aromatic heterocycles. The second kappa shape index (κ2) is 5.56. The van der Waals surface area contributed by atoms with E-state index in [-0.39, 0.29) is 11.7 Å². The molecule has 0 aliphatic carbocycles. The molecule has 2 nitrogen and oxygen atoms in total. The van der Waals surface area contributed by atoms with E-state index < -0.39 is 17.7 Å². The lowest BCUT2D eigenvalue weighted by atomic mass is 9.97. The van der Waals surface area contributed by atoms with E-state index in [2.05, 4.69) is 0 Å². The summed E-state index contributed by atoms with van der Waals surface area (Å²) in [4.78, 5) is 0. The van der Waals surface area contributed by atoms with Crippen molar-refractivity contribution < 1.29 is 13.5 Å². The van der Waals surface area contributed by atoms with Gasteiger partial charge in [0.05, 0.1) is 6.10 Å². The molecule has 4 heteroatoms. The Morgan fingerprint density at radius 1 is 1.35 bits per heavy atom. The molecule has 0 radical (unpaired) electrons. The van der Waals surface area contributed by atoms with Gasteiger partial charge in [-0.3, -0.25) is 0 Å². The van der Waals surface area contributed by atoms with Crippen molar-refractivity contribution >= 4 is 0 Å². The first kappa shape index (κ1) is 12.5. The maximum absolute atomic E-state index is 13.5. The Hall–Kier alpha value is -1.00. The van der Waals surface area contributed by atoms with Crippen LogP contribution in [-0.4, -0.2) is 12.7 Å². The molecule has 0 spiro atoms. The standard InChI is InChI=1S/C13H17F2NO/c14-11-6-3-5-10(13(11)15)12(16)8-9-4-1-2-7-17-9/h3,5-6,9,12H,1-2,4,7-8,16H2. The fourth-order valence-electron chi connectivity index (χ4n) is 2.21. The van der Waals surface area contributed by atoms with Crippen molar-refractivity contribution in [2.75, 3.05) is 6.61 Å². The van der Waals surface area contributed by atoms with Crippen molar-refractivity contribution in [1.29, 1.82) is 0 Å². The highest BCUT2D eigenvalue weighted by Gasteiger charge is 2.21.